The van der Waals surface area contributed by atoms with Gasteiger partial charge in [0, 0.05) is 32.6 Å². The molecule has 0 aliphatic carbocycles. The van der Waals surface area contributed by atoms with Gasteiger partial charge in [0.05, 0.1) is 22.1 Å². The first-order valence-corrected chi connectivity index (χ1v) is 13.7. The third-order valence-electron chi connectivity index (χ3n) is 8.47. The monoisotopic (exact) mass is 492 g/mol. The van der Waals surface area contributed by atoms with E-state index < -0.39 is 0 Å². The molecule has 2 nitrogen and oxygen atoms in total. The van der Waals surface area contributed by atoms with Crippen molar-refractivity contribution in [2.45, 2.75) is 52.6 Å². The summed E-state index contributed by atoms with van der Waals surface area (Å²) in [4.78, 5) is 0. The van der Waals surface area contributed by atoms with E-state index >= 15 is 0 Å². The predicted molar refractivity (Wildman–Crippen MR) is 165 cm³/mol. The van der Waals surface area contributed by atoms with Crippen LogP contribution in [0.25, 0.3) is 76.3 Å². The molecule has 0 amide bonds. The Morgan fingerprint density at radius 3 is 1.16 bits per heavy atom. The van der Waals surface area contributed by atoms with E-state index in [1.165, 1.54) is 76.3 Å². The zero-order chi connectivity index (χ0) is 26.1. The van der Waals surface area contributed by atoms with Gasteiger partial charge in [0.15, 0.2) is 0 Å². The lowest BCUT2D eigenvalue weighted by molar-refractivity contribution is 0.423. The van der Waals surface area contributed by atoms with E-state index in [2.05, 4.69) is 136 Å². The Hall–Kier alpha value is -4.04. The second-order valence-corrected chi connectivity index (χ2v) is 13.1. The maximum atomic E-state index is 2.54. The minimum Gasteiger partial charge on any atom is -0.335 e. The maximum Gasteiger partial charge on any atom is 0.0508 e. The number of rotatable bonds is 1. The quantitative estimate of drug-likeness (QED) is 0.202. The van der Waals surface area contributed by atoms with Crippen LogP contribution in [0, 0.1) is 0 Å². The molecule has 2 heteroatoms. The molecule has 0 N–H and O–H groups in total. The van der Waals surface area contributed by atoms with Crippen molar-refractivity contribution < 1.29 is 0 Å². The minimum atomic E-state index is -0.0351. The van der Waals surface area contributed by atoms with E-state index in [1.54, 1.807) is 0 Å². The average molecular weight is 493 g/mol. The van der Waals surface area contributed by atoms with Crippen LogP contribution in [0.5, 0.6) is 0 Å². The Kier molecular flexibility index (Phi) is 3.98. The number of hydrogen-bond donors (Lipinski definition) is 0. The fraction of sp³-hybridized carbons (Fsp3) is 0.222. The maximum absolute atomic E-state index is 2.54. The van der Waals surface area contributed by atoms with Crippen molar-refractivity contribution in [2.75, 3.05) is 0 Å². The van der Waals surface area contributed by atoms with Crippen molar-refractivity contribution >= 4 is 65.2 Å². The topological polar surface area (TPSA) is 9.86 Å². The summed E-state index contributed by atoms with van der Waals surface area (Å²) >= 11 is 0. The molecule has 0 fully saturated rings. The van der Waals surface area contributed by atoms with Crippen molar-refractivity contribution in [2.24, 2.45) is 0 Å². The van der Waals surface area contributed by atoms with Crippen LogP contribution in [0.15, 0.2) is 84.9 Å². The van der Waals surface area contributed by atoms with Crippen LogP contribution < -0.4 is 0 Å². The van der Waals surface area contributed by atoms with Crippen molar-refractivity contribution in [1.29, 1.82) is 0 Å². The van der Waals surface area contributed by atoms with Gasteiger partial charge < -0.3 is 9.13 Å². The van der Waals surface area contributed by atoms with Crippen LogP contribution in [0.2, 0.25) is 0 Å². The highest BCUT2D eigenvalue weighted by Crippen LogP contribution is 2.45. The first-order valence-electron chi connectivity index (χ1n) is 13.7. The van der Waals surface area contributed by atoms with E-state index in [0.717, 1.165) is 0 Å². The highest BCUT2D eigenvalue weighted by molar-refractivity contribution is 6.26. The van der Waals surface area contributed by atoms with Crippen molar-refractivity contribution in [3.8, 4) is 11.1 Å². The molecular formula is C36H32N2. The molecule has 2 heterocycles. The fourth-order valence-corrected chi connectivity index (χ4v) is 7.17. The summed E-state index contributed by atoms with van der Waals surface area (Å²) in [5, 5.41) is 10.8. The molecule has 0 spiro atoms. The zero-order valence-electron chi connectivity index (χ0n) is 23.0. The van der Waals surface area contributed by atoms with Crippen LogP contribution in [-0.2, 0) is 11.1 Å². The van der Waals surface area contributed by atoms with Gasteiger partial charge in [-0.2, -0.15) is 0 Å². The van der Waals surface area contributed by atoms with Gasteiger partial charge in [-0.1, -0.05) is 48.5 Å². The highest BCUT2D eigenvalue weighted by Gasteiger charge is 2.25. The van der Waals surface area contributed by atoms with Gasteiger partial charge >= 0.3 is 0 Å². The second kappa shape index (κ2) is 6.88. The normalized spacial score (nSPS) is 13.5. The molecule has 0 unspecified atom stereocenters. The Morgan fingerprint density at radius 2 is 0.763 bits per heavy atom. The Morgan fingerprint density at radius 1 is 0.395 bits per heavy atom. The van der Waals surface area contributed by atoms with E-state index in [9.17, 15) is 0 Å². The number of aromatic nitrogens is 2. The van der Waals surface area contributed by atoms with E-state index in [4.69, 9.17) is 0 Å². The van der Waals surface area contributed by atoms with Gasteiger partial charge in [0.1, 0.15) is 0 Å². The number of benzene rings is 6. The first kappa shape index (κ1) is 22.0. The van der Waals surface area contributed by atoms with Crippen LogP contribution in [-0.4, -0.2) is 9.13 Å². The molecule has 0 saturated carbocycles. The lowest BCUT2D eigenvalue weighted by atomic mass is 9.94. The first-order chi connectivity index (χ1) is 18.1. The largest absolute Gasteiger partial charge is 0.335 e. The van der Waals surface area contributed by atoms with E-state index in [0.29, 0.717) is 0 Å². The summed E-state index contributed by atoms with van der Waals surface area (Å²) in [6.07, 6.45) is 0. The highest BCUT2D eigenvalue weighted by atomic mass is 15.1. The third-order valence-corrected chi connectivity index (χ3v) is 8.47. The summed E-state index contributed by atoms with van der Waals surface area (Å²) < 4.78 is 5.09. The number of nitrogens with zero attached hydrogens (tertiary/aromatic N) is 2. The van der Waals surface area contributed by atoms with Crippen LogP contribution in [0.3, 0.4) is 0 Å². The second-order valence-electron chi connectivity index (χ2n) is 13.1. The van der Waals surface area contributed by atoms with Gasteiger partial charge in [0.2, 0.25) is 0 Å². The zero-order valence-corrected chi connectivity index (χ0v) is 23.0. The minimum absolute atomic E-state index is 0.0351. The summed E-state index contributed by atoms with van der Waals surface area (Å²) in [5.74, 6) is 0. The Balaban J connectivity index is 1.52. The third kappa shape index (κ3) is 2.73. The molecule has 0 bridgehead atoms. The predicted octanol–water partition coefficient (Wildman–Crippen LogP) is 10.3. The fourth-order valence-electron chi connectivity index (χ4n) is 7.17. The Bertz CT molecular complexity index is 2030. The molecular weight excluding hydrogens is 460 g/mol. The van der Waals surface area contributed by atoms with Gasteiger partial charge in [-0.15, -0.1) is 0 Å². The molecule has 0 atom stereocenters. The molecule has 0 radical (unpaired) electrons. The molecule has 0 aliphatic heterocycles. The molecule has 38 heavy (non-hydrogen) atoms. The standard InChI is InChI=1S/C36H32N2/c1-35(2,3)37-27-11-7-9-21-13-15-23-17-25(19-29(37)33(23)31(21)27)26-18-24-16-14-22-10-8-12-28-32(22)34(24)30(20-26)38(28)36(4,5)6/h7-20H,1-6H3. The average Bonchev–Trinajstić information content (AvgIpc) is 3.40. The summed E-state index contributed by atoms with van der Waals surface area (Å²) in [6.45, 7) is 13.9. The molecule has 8 rings (SSSR count). The molecule has 0 saturated heterocycles. The van der Waals surface area contributed by atoms with Gasteiger partial charge in [0.25, 0.3) is 0 Å². The molecule has 186 valence electrons. The smallest absolute Gasteiger partial charge is 0.0508 e. The van der Waals surface area contributed by atoms with Gasteiger partial charge in [-0.25, -0.2) is 0 Å². The van der Waals surface area contributed by atoms with Crippen molar-refractivity contribution in [3.63, 3.8) is 0 Å². The lowest BCUT2D eigenvalue weighted by Crippen LogP contribution is -2.21. The van der Waals surface area contributed by atoms with Gasteiger partial charge in [-0.3, -0.25) is 0 Å². The molecule has 6 aromatic carbocycles. The van der Waals surface area contributed by atoms with Crippen LogP contribution in [0.1, 0.15) is 41.5 Å². The Labute approximate surface area is 222 Å². The van der Waals surface area contributed by atoms with Gasteiger partial charge in [-0.05, 0) is 111 Å². The molecule has 0 aliphatic rings. The summed E-state index contributed by atoms with van der Waals surface area (Å²) in [5.41, 5.74) is 7.76. The SMILES string of the molecule is CC(C)(C)n1c2cccc3ccc4cc(-c5cc6ccc7cccc8c7c6c(c5)n8C(C)(C)C)cc1c4c32. The lowest BCUT2D eigenvalue weighted by Gasteiger charge is -2.25. The van der Waals surface area contributed by atoms with E-state index in [-0.39, 0.29) is 11.1 Å². The van der Waals surface area contributed by atoms with Crippen LogP contribution in [0.4, 0.5) is 0 Å². The van der Waals surface area contributed by atoms with Crippen LogP contribution >= 0.6 is 0 Å². The molecule has 8 aromatic rings. The van der Waals surface area contributed by atoms with E-state index in [1.807, 2.05) is 0 Å². The number of hydrogen-bond acceptors (Lipinski definition) is 0. The van der Waals surface area contributed by atoms with Crippen molar-refractivity contribution in [1.82, 2.24) is 9.13 Å². The molecule has 2 aromatic heterocycles. The van der Waals surface area contributed by atoms with Crippen molar-refractivity contribution in [3.05, 3.63) is 84.9 Å². The summed E-state index contributed by atoms with van der Waals surface area (Å²) in [7, 11) is 0. The summed E-state index contributed by atoms with van der Waals surface area (Å²) in [6, 6.07) is 32.3.